The van der Waals surface area contributed by atoms with E-state index in [1.165, 1.54) is 0 Å². The molecule has 0 radical (unpaired) electrons. The first-order valence-corrected chi connectivity index (χ1v) is 12.4. The van der Waals surface area contributed by atoms with Gasteiger partial charge in [0, 0.05) is 42.0 Å². The van der Waals surface area contributed by atoms with Crippen molar-refractivity contribution in [1.29, 1.82) is 0 Å². The number of carboxylic acid groups (broad SMARTS) is 1. The first-order chi connectivity index (χ1) is 17.4. The molecule has 3 rings (SSSR count). The second kappa shape index (κ2) is 13.7. The number of hydrogen-bond donors (Lipinski definition) is 3. The fourth-order valence-electron chi connectivity index (χ4n) is 3.89. The van der Waals surface area contributed by atoms with Crippen LogP contribution in [0.4, 0.5) is 0 Å². The Bertz CT molecular complexity index is 1200. The summed E-state index contributed by atoms with van der Waals surface area (Å²) in [4.78, 5) is 26.3. The molecule has 36 heavy (non-hydrogen) atoms. The molecule has 1 aromatic carbocycles. The molecule has 1 fully saturated rings. The number of aryl methyl sites for hydroxylation is 1. The van der Waals surface area contributed by atoms with Gasteiger partial charge in [-0.1, -0.05) is 35.9 Å². The van der Waals surface area contributed by atoms with Crippen LogP contribution >= 0.6 is 11.6 Å². The molecule has 0 unspecified atom stereocenters. The predicted molar refractivity (Wildman–Crippen MR) is 141 cm³/mol. The number of hydrogen-bond acceptors (Lipinski definition) is 6. The number of H-pyrrole nitrogens is 1. The van der Waals surface area contributed by atoms with Crippen molar-refractivity contribution in [3.05, 3.63) is 74.2 Å². The van der Waals surface area contributed by atoms with E-state index < -0.39 is 12.5 Å². The molecule has 0 aliphatic heterocycles. The summed E-state index contributed by atoms with van der Waals surface area (Å²) in [5.41, 5.74) is 4.39. The monoisotopic (exact) mass is 513 g/mol. The molecule has 1 saturated carbocycles. The van der Waals surface area contributed by atoms with E-state index in [-0.39, 0.29) is 11.4 Å². The van der Waals surface area contributed by atoms with Gasteiger partial charge >= 0.3 is 5.97 Å². The predicted octanol–water partition coefficient (Wildman–Crippen LogP) is 4.90. The van der Waals surface area contributed by atoms with Crippen LogP contribution in [-0.2, 0) is 16.0 Å². The number of azo groups is 1. The molecule has 2 aromatic rings. The third kappa shape index (κ3) is 8.13. The molecule has 1 aliphatic carbocycles. The van der Waals surface area contributed by atoms with Gasteiger partial charge in [0.05, 0.1) is 0 Å². The van der Waals surface area contributed by atoms with Crippen LogP contribution in [0.2, 0.25) is 5.02 Å². The van der Waals surface area contributed by atoms with Crippen LogP contribution in [-0.4, -0.2) is 42.2 Å². The van der Waals surface area contributed by atoms with Crippen LogP contribution in [0.5, 0.6) is 0 Å². The highest BCUT2D eigenvalue weighted by Gasteiger charge is 2.26. The van der Waals surface area contributed by atoms with Crippen LogP contribution in [0.15, 0.2) is 56.5 Å². The highest BCUT2D eigenvalue weighted by Crippen LogP contribution is 2.38. The van der Waals surface area contributed by atoms with Crippen LogP contribution in [0.3, 0.4) is 0 Å². The van der Waals surface area contributed by atoms with Crippen LogP contribution in [0.1, 0.15) is 66.8 Å². The molecule has 0 bridgehead atoms. The van der Waals surface area contributed by atoms with Crippen LogP contribution in [0.25, 0.3) is 5.57 Å². The molecule has 0 saturated heterocycles. The molecule has 10 heteroatoms. The van der Waals surface area contributed by atoms with Crippen LogP contribution < -0.4 is 11.4 Å². The van der Waals surface area contributed by atoms with Crippen molar-refractivity contribution in [3.63, 3.8) is 0 Å². The van der Waals surface area contributed by atoms with Gasteiger partial charge in [0.1, 0.15) is 0 Å². The van der Waals surface area contributed by atoms with Gasteiger partial charge in [-0.05, 0) is 67.7 Å². The third-order valence-electron chi connectivity index (χ3n) is 5.90. The number of carbonyl (C=O) groups is 1. The molecule has 0 spiro atoms. The zero-order valence-corrected chi connectivity index (χ0v) is 21.1. The van der Waals surface area contributed by atoms with E-state index >= 15 is 0 Å². The number of aromatic amines is 1. The number of ether oxygens (including phenoxy) is 1. The second-order valence-electron chi connectivity index (χ2n) is 8.68. The Labute approximate surface area is 215 Å². The molecular formula is C26H32ClN5O4. The molecule has 4 N–H and O–H groups in total. The maximum absolute atomic E-state index is 12.7. The van der Waals surface area contributed by atoms with Crippen molar-refractivity contribution < 1.29 is 14.6 Å². The minimum Gasteiger partial charge on any atom is -0.480 e. The largest absolute Gasteiger partial charge is 0.480 e. The number of aromatic nitrogens is 1. The molecular weight excluding hydrogens is 482 g/mol. The van der Waals surface area contributed by atoms with Crippen molar-refractivity contribution in [1.82, 2.24) is 4.98 Å². The standard InChI is InChI=1S/C26H32ClN5O4/c1-36-14-3-2-6-20(23-13-12-21(17-8-9-17)26(35)30-23)19-11-10-18(22(27)15-19)5-4-7-24(31-28)32-29-16-25(33)34/h6,10-13,15,17H,2-5,7-9,14,16,28H2,1H3,(H,30,35)(H,33,34). The van der Waals surface area contributed by atoms with Crippen molar-refractivity contribution in [2.75, 3.05) is 20.3 Å². The maximum Gasteiger partial charge on any atom is 0.327 e. The maximum atomic E-state index is 12.7. The summed E-state index contributed by atoms with van der Waals surface area (Å²) in [6.07, 6.45) is 7.68. The van der Waals surface area contributed by atoms with Gasteiger partial charge in [-0.25, -0.2) is 0 Å². The third-order valence-corrected chi connectivity index (χ3v) is 6.25. The summed E-state index contributed by atoms with van der Waals surface area (Å²) in [5.74, 6) is 4.92. The summed E-state index contributed by atoms with van der Waals surface area (Å²) in [5, 5.41) is 20.1. The van der Waals surface area contributed by atoms with Gasteiger partial charge in [0.15, 0.2) is 12.4 Å². The fraction of sp³-hybridized carbons (Fsp3) is 0.423. The first kappa shape index (κ1) is 27.3. The number of nitrogens with one attached hydrogen (secondary N) is 1. The number of methoxy groups -OCH3 is 1. The Morgan fingerprint density at radius 2 is 2.08 bits per heavy atom. The quantitative estimate of drug-likeness (QED) is 0.0871. The smallest absolute Gasteiger partial charge is 0.327 e. The van der Waals surface area contributed by atoms with Gasteiger partial charge in [0.2, 0.25) is 0 Å². The number of amidine groups is 1. The number of hydrazone groups is 1. The van der Waals surface area contributed by atoms with Gasteiger partial charge in [-0.3, -0.25) is 9.59 Å². The van der Waals surface area contributed by atoms with Gasteiger partial charge < -0.3 is 20.7 Å². The van der Waals surface area contributed by atoms with E-state index in [1.54, 1.807) is 7.11 Å². The average molecular weight is 514 g/mol. The fourth-order valence-corrected chi connectivity index (χ4v) is 4.16. The van der Waals surface area contributed by atoms with E-state index in [0.717, 1.165) is 53.6 Å². The molecule has 192 valence electrons. The Morgan fingerprint density at radius 1 is 1.28 bits per heavy atom. The van der Waals surface area contributed by atoms with E-state index in [9.17, 15) is 9.59 Å². The van der Waals surface area contributed by atoms with E-state index in [2.05, 4.69) is 26.4 Å². The number of carboxylic acids is 1. The lowest BCUT2D eigenvalue weighted by Gasteiger charge is -2.12. The number of unbranched alkanes of at least 4 members (excludes halogenated alkanes) is 1. The van der Waals surface area contributed by atoms with Crippen molar-refractivity contribution in [2.24, 2.45) is 21.2 Å². The lowest BCUT2D eigenvalue weighted by molar-refractivity contribution is -0.135. The van der Waals surface area contributed by atoms with Crippen molar-refractivity contribution in [3.8, 4) is 0 Å². The van der Waals surface area contributed by atoms with Crippen LogP contribution in [0, 0.1) is 0 Å². The van der Waals surface area contributed by atoms with E-state index in [1.807, 2.05) is 30.3 Å². The molecule has 0 atom stereocenters. The summed E-state index contributed by atoms with van der Waals surface area (Å²) < 4.78 is 5.17. The lowest BCUT2D eigenvalue weighted by atomic mass is 9.97. The van der Waals surface area contributed by atoms with E-state index in [0.29, 0.717) is 36.8 Å². The Kier molecular flexibility index (Phi) is 10.4. The van der Waals surface area contributed by atoms with Crippen molar-refractivity contribution in [2.45, 2.75) is 50.9 Å². The van der Waals surface area contributed by atoms with Gasteiger partial charge in [-0.15, -0.1) is 5.11 Å². The van der Waals surface area contributed by atoms with Gasteiger partial charge in [-0.2, -0.15) is 10.2 Å². The molecule has 1 heterocycles. The summed E-state index contributed by atoms with van der Waals surface area (Å²) >= 11 is 6.64. The highest BCUT2D eigenvalue weighted by atomic mass is 35.5. The molecule has 9 nitrogen and oxygen atoms in total. The summed E-state index contributed by atoms with van der Waals surface area (Å²) in [6, 6.07) is 9.81. The number of nitrogens with two attached hydrogens (primary N) is 1. The number of pyridine rings is 1. The number of allylic oxidation sites excluding steroid dienone is 1. The second-order valence-corrected chi connectivity index (χ2v) is 9.09. The zero-order valence-electron chi connectivity index (χ0n) is 20.4. The van der Waals surface area contributed by atoms with E-state index in [4.69, 9.17) is 27.3 Å². The minimum absolute atomic E-state index is 0.0293. The average Bonchev–Trinajstić information content (AvgIpc) is 3.69. The Hall–Kier alpha value is -3.30. The number of nitrogens with zero attached hydrogens (tertiary/aromatic N) is 3. The number of aliphatic carboxylic acids is 1. The first-order valence-electron chi connectivity index (χ1n) is 12.0. The minimum atomic E-state index is -1.07. The van der Waals surface area contributed by atoms with Gasteiger partial charge in [0.25, 0.3) is 5.56 Å². The lowest BCUT2D eigenvalue weighted by Crippen LogP contribution is -2.13. The normalized spacial score (nSPS) is 14.5. The molecule has 0 amide bonds. The SMILES string of the molecule is COCCCC=C(c1ccc(CCCC(N=NCC(=O)O)=NN)c(Cl)c1)c1ccc(C2CC2)c(=O)[nH]1. The topological polar surface area (TPSA) is 142 Å². The molecule has 1 aromatic heterocycles. The molecule has 1 aliphatic rings. The summed E-state index contributed by atoms with van der Waals surface area (Å²) in [6.45, 7) is 0.229. The van der Waals surface area contributed by atoms with Crippen molar-refractivity contribution >= 4 is 29.0 Å². The number of rotatable bonds is 13. The summed E-state index contributed by atoms with van der Waals surface area (Å²) in [7, 11) is 1.68. The number of benzene rings is 1. The number of halogens is 1. The Morgan fingerprint density at radius 3 is 2.72 bits per heavy atom. The Balaban J connectivity index is 1.74. The highest BCUT2D eigenvalue weighted by molar-refractivity contribution is 6.31. The zero-order chi connectivity index (χ0) is 25.9.